The lowest BCUT2D eigenvalue weighted by Gasteiger charge is -2.15. The van der Waals surface area contributed by atoms with Crippen LogP contribution in [0.25, 0.3) is 6.08 Å². The number of hydrogen-bond acceptors (Lipinski definition) is 1. The molecule has 1 amide bonds. The monoisotopic (exact) mass is 313 g/mol. The van der Waals surface area contributed by atoms with Crippen LogP contribution in [0.5, 0.6) is 0 Å². The maximum atomic E-state index is 12.2. The van der Waals surface area contributed by atoms with Gasteiger partial charge in [0.2, 0.25) is 5.91 Å². The second-order valence-electron chi connectivity index (χ2n) is 5.57. The third kappa shape index (κ3) is 4.22. The molecule has 0 spiro atoms. The molecule has 3 heteroatoms. The van der Waals surface area contributed by atoms with Gasteiger partial charge in [0.15, 0.2) is 0 Å². The van der Waals surface area contributed by atoms with Crippen molar-refractivity contribution in [1.29, 1.82) is 0 Å². The molecule has 0 aromatic heterocycles. The Morgan fingerprint density at radius 1 is 1.14 bits per heavy atom. The van der Waals surface area contributed by atoms with Crippen LogP contribution >= 0.6 is 11.6 Å². The first kappa shape index (κ1) is 16.3. The van der Waals surface area contributed by atoms with Gasteiger partial charge >= 0.3 is 0 Å². The lowest BCUT2D eigenvalue weighted by molar-refractivity contribution is -0.111. The Morgan fingerprint density at radius 3 is 2.45 bits per heavy atom. The van der Waals surface area contributed by atoms with Crippen LogP contribution in [0.3, 0.4) is 0 Å². The highest BCUT2D eigenvalue weighted by molar-refractivity contribution is 6.30. The van der Waals surface area contributed by atoms with E-state index in [0.717, 1.165) is 22.4 Å². The van der Waals surface area contributed by atoms with Crippen LogP contribution in [-0.4, -0.2) is 5.91 Å². The lowest BCUT2D eigenvalue weighted by Crippen LogP contribution is -2.11. The molecule has 0 aliphatic carbocycles. The maximum Gasteiger partial charge on any atom is 0.248 e. The maximum absolute atomic E-state index is 12.2. The van der Waals surface area contributed by atoms with Gasteiger partial charge in [0.1, 0.15) is 0 Å². The van der Waals surface area contributed by atoms with E-state index in [1.54, 1.807) is 24.3 Å². The summed E-state index contributed by atoms with van der Waals surface area (Å²) in [6.07, 6.45) is 3.32. The van der Waals surface area contributed by atoms with E-state index in [9.17, 15) is 4.79 Å². The molecule has 0 bridgehead atoms. The molecule has 0 saturated carbocycles. The number of benzene rings is 2. The topological polar surface area (TPSA) is 29.1 Å². The molecular weight excluding hydrogens is 294 g/mol. The third-order valence-corrected chi connectivity index (χ3v) is 3.72. The minimum absolute atomic E-state index is 0.133. The normalized spacial score (nSPS) is 11.1. The van der Waals surface area contributed by atoms with Crippen molar-refractivity contribution in [2.24, 2.45) is 0 Å². The molecule has 0 unspecified atom stereocenters. The summed E-state index contributed by atoms with van der Waals surface area (Å²) in [7, 11) is 0. The van der Waals surface area contributed by atoms with Crippen LogP contribution in [0.1, 0.15) is 36.5 Å². The fourth-order valence-corrected chi connectivity index (χ4v) is 2.38. The van der Waals surface area contributed by atoms with Gasteiger partial charge in [-0.05, 0) is 47.7 Å². The second-order valence-corrected chi connectivity index (χ2v) is 6.00. The van der Waals surface area contributed by atoms with Crippen molar-refractivity contribution in [2.75, 3.05) is 5.32 Å². The van der Waals surface area contributed by atoms with Gasteiger partial charge in [0.05, 0.1) is 0 Å². The highest BCUT2D eigenvalue weighted by Crippen LogP contribution is 2.27. The Bertz CT molecular complexity index is 687. The van der Waals surface area contributed by atoms with E-state index in [2.05, 4.69) is 25.2 Å². The summed E-state index contributed by atoms with van der Waals surface area (Å²) in [4.78, 5) is 12.2. The molecule has 1 N–H and O–H groups in total. The number of para-hydroxylation sites is 1. The first-order valence-corrected chi connectivity index (χ1v) is 7.69. The number of halogens is 1. The van der Waals surface area contributed by atoms with E-state index < -0.39 is 0 Å². The number of amides is 1. The van der Waals surface area contributed by atoms with Gasteiger partial charge < -0.3 is 5.32 Å². The van der Waals surface area contributed by atoms with Crippen LogP contribution in [0.15, 0.2) is 48.5 Å². The number of carbonyl (C=O) groups excluding carboxylic acids is 1. The van der Waals surface area contributed by atoms with Gasteiger partial charge in [0.25, 0.3) is 0 Å². The molecule has 2 aromatic carbocycles. The van der Waals surface area contributed by atoms with Crippen LogP contribution in [0, 0.1) is 6.92 Å². The third-order valence-electron chi connectivity index (χ3n) is 3.47. The van der Waals surface area contributed by atoms with Crippen LogP contribution < -0.4 is 5.32 Å². The van der Waals surface area contributed by atoms with Crippen LogP contribution in [-0.2, 0) is 4.79 Å². The van der Waals surface area contributed by atoms with E-state index >= 15 is 0 Å². The quantitative estimate of drug-likeness (QED) is 0.750. The average Bonchev–Trinajstić information content (AvgIpc) is 2.48. The highest BCUT2D eigenvalue weighted by atomic mass is 35.5. The van der Waals surface area contributed by atoms with Gasteiger partial charge in [-0.15, -0.1) is 0 Å². The molecule has 0 aliphatic rings. The smallest absolute Gasteiger partial charge is 0.248 e. The Kier molecular flexibility index (Phi) is 5.40. The van der Waals surface area contributed by atoms with Crippen molar-refractivity contribution in [2.45, 2.75) is 26.7 Å². The minimum atomic E-state index is -0.133. The molecule has 0 atom stereocenters. The predicted molar refractivity (Wildman–Crippen MR) is 94.4 cm³/mol. The van der Waals surface area contributed by atoms with Crippen molar-refractivity contribution in [1.82, 2.24) is 0 Å². The summed E-state index contributed by atoms with van der Waals surface area (Å²) in [5, 5.41) is 3.67. The van der Waals surface area contributed by atoms with E-state index in [-0.39, 0.29) is 5.91 Å². The minimum Gasteiger partial charge on any atom is -0.322 e. The van der Waals surface area contributed by atoms with Crippen LogP contribution in [0.2, 0.25) is 5.02 Å². The standard InChI is InChI=1S/C19H20ClNO/c1-13(2)17-6-4-5-14(3)19(17)21-18(22)12-9-15-7-10-16(20)11-8-15/h4-13H,1-3H3,(H,21,22). The van der Waals surface area contributed by atoms with E-state index in [4.69, 9.17) is 11.6 Å². The highest BCUT2D eigenvalue weighted by Gasteiger charge is 2.10. The molecule has 0 aliphatic heterocycles. The van der Waals surface area contributed by atoms with Gasteiger partial charge in [-0.2, -0.15) is 0 Å². The number of hydrogen-bond donors (Lipinski definition) is 1. The van der Waals surface area contributed by atoms with Crippen LogP contribution in [0.4, 0.5) is 5.69 Å². The summed E-state index contributed by atoms with van der Waals surface area (Å²) in [5.41, 5.74) is 4.06. The molecule has 2 aromatic rings. The summed E-state index contributed by atoms with van der Waals surface area (Å²) in [6, 6.07) is 13.4. The summed E-state index contributed by atoms with van der Waals surface area (Å²) >= 11 is 5.84. The van der Waals surface area contributed by atoms with Crippen molar-refractivity contribution in [3.63, 3.8) is 0 Å². The van der Waals surface area contributed by atoms with E-state index in [0.29, 0.717) is 10.9 Å². The molecule has 0 fully saturated rings. The van der Waals surface area contributed by atoms with E-state index in [1.165, 1.54) is 0 Å². The van der Waals surface area contributed by atoms with Gasteiger partial charge in [-0.25, -0.2) is 0 Å². The number of anilines is 1. The first-order chi connectivity index (χ1) is 10.5. The van der Waals surface area contributed by atoms with Crippen molar-refractivity contribution in [3.05, 3.63) is 70.3 Å². The van der Waals surface area contributed by atoms with Gasteiger partial charge in [-0.3, -0.25) is 4.79 Å². The number of rotatable bonds is 4. The molecule has 0 heterocycles. The molecule has 22 heavy (non-hydrogen) atoms. The molecule has 2 nitrogen and oxygen atoms in total. The molecule has 2 rings (SSSR count). The summed E-state index contributed by atoms with van der Waals surface area (Å²) < 4.78 is 0. The number of carbonyl (C=O) groups is 1. The molecular formula is C19H20ClNO. The Balaban J connectivity index is 2.14. The van der Waals surface area contributed by atoms with Gasteiger partial charge in [-0.1, -0.05) is 55.8 Å². The fourth-order valence-electron chi connectivity index (χ4n) is 2.25. The zero-order valence-corrected chi connectivity index (χ0v) is 13.8. The summed E-state index contributed by atoms with van der Waals surface area (Å²) in [6.45, 7) is 6.24. The molecule has 0 radical (unpaired) electrons. The fraction of sp³-hybridized carbons (Fsp3) is 0.211. The zero-order chi connectivity index (χ0) is 16.1. The summed E-state index contributed by atoms with van der Waals surface area (Å²) in [5.74, 6) is 0.224. The predicted octanol–water partition coefficient (Wildman–Crippen LogP) is 5.42. The second kappa shape index (κ2) is 7.28. The van der Waals surface area contributed by atoms with E-state index in [1.807, 2.05) is 31.2 Å². The van der Waals surface area contributed by atoms with Crippen molar-refractivity contribution in [3.8, 4) is 0 Å². The largest absolute Gasteiger partial charge is 0.322 e. The Labute approximate surface area is 136 Å². The van der Waals surface area contributed by atoms with Crippen molar-refractivity contribution >= 4 is 29.3 Å². The lowest BCUT2D eigenvalue weighted by atomic mass is 9.98. The van der Waals surface area contributed by atoms with Crippen molar-refractivity contribution < 1.29 is 4.79 Å². The number of nitrogens with one attached hydrogen (secondary N) is 1. The number of aryl methyl sites for hydroxylation is 1. The average molecular weight is 314 g/mol. The molecule has 0 saturated heterocycles. The SMILES string of the molecule is Cc1cccc(C(C)C)c1NC(=O)C=Cc1ccc(Cl)cc1. The first-order valence-electron chi connectivity index (χ1n) is 7.31. The zero-order valence-electron chi connectivity index (χ0n) is 13.1. The Hall–Kier alpha value is -2.06. The van der Waals surface area contributed by atoms with Gasteiger partial charge in [0, 0.05) is 16.8 Å². The Morgan fingerprint density at radius 2 is 1.82 bits per heavy atom. The molecule has 114 valence electrons.